The molecule has 2 aliphatic rings. The molecule has 0 radical (unpaired) electrons. The van der Waals surface area contributed by atoms with E-state index in [9.17, 15) is 4.79 Å². The first-order chi connectivity index (χ1) is 13.4. The highest BCUT2D eigenvalue weighted by atomic mass is 35.5. The SMILES string of the molecule is CC(C)CC1=NN2C(=N)/C(=C/c3cccn3-c3ccc(Cl)cc3)C(=O)N=C2S1. The molecule has 1 aromatic carbocycles. The molecule has 0 fully saturated rings. The molecule has 4 rings (SSSR count). The molecule has 2 aromatic rings. The average molecular weight is 412 g/mol. The Hall–Kier alpha value is -2.64. The maximum atomic E-state index is 12.6. The summed E-state index contributed by atoms with van der Waals surface area (Å²) in [6.45, 7) is 4.21. The van der Waals surface area contributed by atoms with Gasteiger partial charge in [0.1, 0.15) is 5.04 Å². The van der Waals surface area contributed by atoms with Crippen LogP contribution >= 0.6 is 23.4 Å². The number of hydrogen-bond acceptors (Lipinski definition) is 4. The fourth-order valence-corrected chi connectivity index (χ4v) is 4.18. The summed E-state index contributed by atoms with van der Waals surface area (Å²) in [6.07, 6.45) is 4.37. The molecule has 142 valence electrons. The van der Waals surface area contributed by atoms with Gasteiger partial charge in [-0.25, -0.2) is 0 Å². The predicted octanol–water partition coefficient (Wildman–Crippen LogP) is 4.80. The molecule has 0 aliphatic carbocycles. The summed E-state index contributed by atoms with van der Waals surface area (Å²) in [4.78, 5) is 16.7. The van der Waals surface area contributed by atoms with Crippen LogP contribution in [0.2, 0.25) is 5.02 Å². The molecule has 1 amide bonds. The van der Waals surface area contributed by atoms with Gasteiger partial charge in [0.15, 0.2) is 5.84 Å². The number of hydrogen-bond donors (Lipinski definition) is 1. The van der Waals surface area contributed by atoms with Crippen LogP contribution in [0.25, 0.3) is 11.8 Å². The highest BCUT2D eigenvalue weighted by Gasteiger charge is 2.35. The molecule has 2 aliphatic heterocycles. The third kappa shape index (κ3) is 3.55. The van der Waals surface area contributed by atoms with E-state index in [1.165, 1.54) is 16.8 Å². The molecule has 6 nitrogen and oxygen atoms in total. The molecule has 0 unspecified atom stereocenters. The molecule has 0 atom stereocenters. The van der Waals surface area contributed by atoms with Crippen molar-refractivity contribution >= 4 is 51.4 Å². The van der Waals surface area contributed by atoms with Gasteiger partial charge in [-0.15, -0.1) is 0 Å². The number of aliphatic imine (C=N–C) groups is 1. The standard InChI is InChI=1S/C20H18ClN5OS/c1-12(2)10-17-24-26-18(22)16(19(27)23-20(26)28-17)11-15-4-3-9-25(15)14-7-5-13(21)6-8-14/h3-9,11-12,22H,10H2,1-2H3/b16-11-,22-18?. The van der Waals surface area contributed by atoms with Crippen LogP contribution in [0, 0.1) is 11.3 Å². The van der Waals surface area contributed by atoms with Crippen LogP contribution in [0.4, 0.5) is 0 Å². The lowest BCUT2D eigenvalue weighted by atomic mass is 10.1. The van der Waals surface area contributed by atoms with Gasteiger partial charge in [0.05, 0.1) is 5.57 Å². The third-order valence-corrected chi connectivity index (χ3v) is 5.44. The lowest BCUT2D eigenvalue weighted by Crippen LogP contribution is -2.35. The Morgan fingerprint density at radius 1 is 1.25 bits per heavy atom. The largest absolute Gasteiger partial charge is 0.317 e. The minimum Gasteiger partial charge on any atom is -0.317 e. The first-order valence-corrected chi connectivity index (χ1v) is 10.0. The van der Waals surface area contributed by atoms with E-state index in [4.69, 9.17) is 17.0 Å². The van der Waals surface area contributed by atoms with Gasteiger partial charge in [0.25, 0.3) is 5.91 Å². The molecule has 0 spiro atoms. The topological polar surface area (TPSA) is 73.8 Å². The summed E-state index contributed by atoms with van der Waals surface area (Å²) in [5.41, 5.74) is 1.90. The molecule has 8 heteroatoms. The van der Waals surface area contributed by atoms with Crippen molar-refractivity contribution in [2.24, 2.45) is 16.0 Å². The van der Waals surface area contributed by atoms with Crippen molar-refractivity contribution in [3.63, 3.8) is 0 Å². The fourth-order valence-electron chi connectivity index (χ4n) is 2.96. The number of halogens is 1. The van der Waals surface area contributed by atoms with Crippen LogP contribution in [0.15, 0.2) is 58.3 Å². The van der Waals surface area contributed by atoms with Crippen molar-refractivity contribution in [2.75, 3.05) is 0 Å². The van der Waals surface area contributed by atoms with Crippen LogP contribution in [-0.4, -0.2) is 31.5 Å². The second kappa shape index (κ2) is 7.41. The molecular weight excluding hydrogens is 394 g/mol. The van der Waals surface area contributed by atoms with Gasteiger partial charge in [0, 0.05) is 29.0 Å². The molecule has 1 aromatic heterocycles. The van der Waals surface area contributed by atoms with E-state index in [0.29, 0.717) is 16.1 Å². The summed E-state index contributed by atoms with van der Waals surface area (Å²) in [5, 5.41) is 16.4. The van der Waals surface area contributed by atoms with Crippen molar-refractivity contribution in [1.29, 1.82) is 5.41 Å². The van der Waals surface area contributed by atoms with E-state index in [0.717, 1.165) is 22.8 Å². The van der Waals surface area contributed by atoms with Crippen molar-refractivity contribution in [1.82, 2.24) is 9.58 Å². The Morgan fingerprint density at radius 2 is 2.00 bits per heavy atom. The van der Waals surface area contributed by atoms with Gasteiger partial charge in [0.2, 0.25) is 5.17 Å². The van der Waals surface area contributed by atoms with E-state index in [1.807, 2.05) is 47.2 Å². The van der Waals surface area contributed by atoms with Gasteiger partial charge in [-0.1, -0.05) is 25.4 Å². The summed E-state index contributed by atoms with van der Waals surface area (Å²) < 4.78 is 1.93. The lowest BCUT2D eigenvalue weighted by molar-refractivity contribution is -0.114. The van der Waals surface area contributed by atoms with Gasteiger partial charge in [-0.3, -0.25) is 10.2 Å². The number of amides is 1. The van der Waals surface area contributed by atoms with E-state index < -0.39 is 5.91 Å². The average Bonchev–Trinajstić information content (AvgIpc) is 3.25. The number of nitrogens with one attached hydrogen (secondary N) is 1. The smallest absolute Gasteiger partial charge is 0.283 e. The summed E-state index contributed by atoms with van der Waals surface area (Å²) in [5.74, 6) is 0.0643. The molecule has 0 saturated carbocycles. The first-order valence-electron chi connectivity index (χ1n) is 8.85. The van der Waals surface area contributed by atoms with Crippen LogP contribution in [0.3, 0.4) is 0 Å². The Balaban J connectivity index is 1.68. The highest BCUT2D eigenvalue weighted by Crippen LogP contribution is 2.30. The number of hydrazone groups is 1. The minimum absolute atomic E-state index is 0.0464. The fraction of sp³-hybridized carbons (Fsp3) is 0.200. The van der Waals surface area contributed by atoms with E-state index in [1.54, 1.807) is 6.08 Å². The first kappa shape index (κ1) is 18.7. The quantitative estimate of drug-likeness (QED) is 0.734. The molecule has 3 heterocycles. The molecular formula is C20H18ClN5OS. The van der Waals surface area contributed by atoms with Crippen molar-refractivity contribution in [2.45, 2.75) is 20.3 Å². The zero-order chi connectivity index (χ0) is 19.8. The van der Waals surface area contributed by atoms with Gasteiger partial charge < -0.3 is 4.57 Å². The molecule has 0 saturated heterocycles. The monoisotopic (exact) mass is 411 g/mol. The van der Waals surface area contributed by atoms with Crippen molar-refractivity contribution < 1.29 is 4.79 Å². The van der Waals surface area contributed by atoms with E-state index in [2.05, 4.69) is 23.9 Å². The van der Waals surface area contributed by atoms with Gasteiger partial charge in [-0.05, 0) is 60.2 Å². The molecule has 28 heavy (non-hydrogen) atoms. The zero-order valence-electron chi connectivity index (χ0n) is 15.4. The van der Waals surface area contributed by atoms with Crippen LogP contribution in [0.1, 0.15) is 26.0 Å². The summed E-state index contributed by atoms with van der Waals surface area (Å²) >= 11 is 7.33. The summed E-state index contributed by atoms with van der Waals surface area (Å²) in [7, 11) is 0. The Bertz CT molecular complexity index is 1050. The maximum Gasteiger partial charge on any atom is 0.283 e. The minimum atomic E-state index is -0.423. The Kier molecular flexibility index (Phi) is 4.95. The Labute approximate surface area is 172 Å². The van der Waals surface area contributed by atoms with Gasteiger partial charge in [-0.2, -0.15) is 15.1 Å². The number of benzene rings is 1. The normalized spacial score (nSPS) is 18.0. The Morgan fingerprint density at radius 3 is 2.71 bits per heavy atom. The third-order valence-electron chi connectivity index (χ3n) is 4.26. The number of carbonyl (C=O) groups is 1. The number of nitrogens with zero attached hydrogens (tertiary/aromatic N) is 4. The number of rotatable bonds is 4. The maximum absolute atomic E-state index is 12.6. The van der Waals surface area contributed by atoms with E-state index in [-0.39, 0.29) is 11.4 Å². The second-order valence-electron chi connectivity index (χ2n) is 6.89. The summed E-state index contributed by atoms with van der Waals surface area (Å²) in [6, 6.07) is 11.2. The highest BCUT2D eigenvalue weighted by molar-refractivity contribution is 8.26. The predicted molar refractivity (Wildman–Crippen MR) is 115 cm³/mol. The molecule has 0 bridgehead atoms. The van der Waals surface area contributed by atoms with Crippen LogP contribution in [-0.2, 0) is 4.79 Å². The number of aromatic nitrogens is 1. The zero-order valence-corrected chi connectivity index (χ0v) is 17.0. The number of fused-ring (bicyclic) bond motifs is 1. The number of thioether (sulfide) groups is 1. The number of carbonyl (C=O) groups excluding carboxylic acids is 1. The van der Waals surface area contributed by atoms with Crippen molar-refractivity contribution in [3.8, 4) is 5.69 Å². The second-order valence-corrected chi connectivity index (χ2v) is 8.37. The van der Waals surface area contributed by atoms with Crippen LogP contribution < -0.4 is 0 Å². The van der Waals surface area contributed by atoms with Crippen molar-refractivity contribution in [3.05, 3.63) is 58.9 Å². The van der Waals surface area contributed by atoms with Gasteiger partial charge >= 0.3 is 0 Å². The lowest BCUT2D eigenvalue weighted by Gasteiger charge is -2.20. The molecule has 1 N–H and O–H groups in total. The number of amidine groups is 2. The van der Waals surface area contributed by atoms with E-state index >= 15 is 0 Å². The van der Waals surface area contributed by atoms with Crippen LogP contribution in [0.5, 0.6) is 0 Å².